The van der Waals surface area contributed by atoms with Crippen LogP contribution < -0.4 is 10.2 Å². The van der Waals surface area contributed by atoms with Crippen molar-refractivity contribution < 1.29 is 9.69 Å². The molecule has 1 aliphatic rings. The lowest BCUT2D eigenvalue weighted by molar-refractivity contribution is -0.904. The molecule has 0 atom stereocenters. The number of hydrogen-bond donors (Lipinski definition) is 2. The van der Waals surface area contributed by atoms with Gasteiger partial charge in [0.1, 0.15) is 5.82 Å². The number of likely N-dealkylation sites (tertiary alicyclic amines) is 1. The SMILES string of the molecule is CCC(=O)Nc1ccc2c(c1)nc(CC[NH+]1CCCCC1)n2C. The average molecular weight is 315 g/mol. The number of carbonyl (C=O) groups is 1. The van der Waals surface area contributed by atoms with Gasteiger partial charge in [-0.1, -0.05) is 6.92 Å². The summed E-state index contributed by atoms with van der Waals surface area (Å²) in [5, 5.41) is 2.90. The topological polar surface area (TPSA) is 51.4 Å². The van der Waals surface area contributed by atoms with Gasteiger partial charge in [0.25, 0.3) is 0 Å². The second kappa shape index (κ2) is 7.13. The second-order valence-electron chi connectivity index (χ2n) is 6.50. The molecular weight excluding hydrogens is 288 g/mol. The van der Waals surface area contributed by atoms with Crippen LogP contribution in [0.1, 0.15) is 38.4 Å². The van der Waals surface area contributed by atoms with Crippen LogP contribution in [-0.2, 0) is 18.3 Å². The van der Waals surface area contributed by atoms with Crippen LogP contribution >= 0.6 is 0 Å². The molecule has 0 radical (unpaired) electrons. The molecule has 0 saturated carbocycles. The fourth-order valence-electron chi connectivity index (χ4n) is 3.39. The van der Waals surface area contributed by atoms with Crippen LogP contribution in [0.5, 0.6) is 0 Å². The summed E-state index contributed by atoms with van der Waals surface area (Å²) in [5.74, 6) is 1.17. The number of anilines is 1. The number of piperidine rings is 1. The zero-order chi connectivity index (χ0) is 16.2. The van der Waals surface area contributed by atoms with Gasteiger partial charge >= 0.3 is 0 Å². The highest BCUT2D eigenvalue weighted by atomic mass is 16.1. The lowest BCUT2D eigenvalue weighted by Gasteiger charge is -2.23. The van der Waals surface area contributed by atoms with E-state index in [2.05, 4.69) is 16.9 Å². The zero-order valence-electron chi connectivity index (χ0n) is 14.2. The number of fused-ring (bicyclic) bond motifs is 1. The summed E-state index contributed by atoms with van der Waals surface area (Å²) in [7, 11) is 2.08. The van der Waals surface area contributed by atoms with Crippen molar-refractivity contribution in [1.82, 2.24) is 9.55 Å². The van der Waals surface area contributed by atoms with Crippen molar-refractivity contribution in [3.05, 3.63) is 24.0 Å². The van der Waals surface area contributed by atoms with Gasteiger partial charge < -0.3 is 14.8 Å². The smallest absolute Gasteiger partial charge is 0.224 e. The maximum Gasteiger partial charge on any atom is 0.224 e. The van der Waals surface area contributed by atoms with Crippen LogP contribution in [0.2, 0.25) is 0 Å². The minimum Gasteiger partial charge on any atom is -0.335 e. The molecule has 2 heterocycles. The quantitative estimate of drug-likeness (QED) is 0.879. The number of quaternary nitrogens is 1. The molecule has 1 aromatic carbocycles. The molecule has 0 spiro atoms. The molecule has 5 heteroatoms. The molecular formula is C18H27N4O+. The Morgan fingerprint density at radius 1 is 1.30 bits per heavy atom. The highest BCUT2D eigenvalue weighted by molar-refractivity contribution is 5.92. The molecule has 0 aliphatic carbocycles. The summed E-state index contributed by atoms with van der Waals surface area (Å²) in [6, 6.07) is 5.97. The van der Waals surface area contributed by atoms with Crippen molar-refractivity contribution in [2.24, 2.45) is 7.05 Å². The van der Waals surface area contributed by atoms with E-state index in [0.717, 1.165) is 35.5 Å². The standard InChI is InChI=1S/C18H26N4O/c1-3-18(23)19-14-7-8-16-15(13-14)20-17(21(16)2)9-12-22-10-5-4-6-11-22/h7-8,13H,3-6,9-12H2,1-2H3,(H,19,23)/p+1. The number of amides is 1. The van der Waals surface area contributed by atoms with E-state index in [1.165, 1.54) is 32.4 Å². The number of aryl methyl sites for hydroxylation is 1. The minimum atomic E-state index is 0.0363. The van der Waals surface area contributed by atoms with Crippen molar-refractivity contribution >= 4 is 22.6 Å². The maximum absolute atomic E-state index is 11.5. The number of imidazole rings is 1. The Kier molecular flexibility index (Phi) is 4.96. The van der Waals surface area contributed by atoms with Crippen LogP contribution in [-0.4, -0.2) is 35.1 Å². The number of nitrogens with zero attached hydrogens (tertiary/aromatic N) is 2. The first-order valence-electron chi connectivity index (χ1n) is 8.76. The molecule has 1 fully saturated rings. The van der Waals surface area contributed by atoms with Gasteiger partial charge in [0.2, 0.25) is 5.91 Å². The van der Waals surface area contributed by atoms with Crippen LogP contribution in [0, 0.1) is 0 Å². The number of aromatic nitrogens is 2. The third-order valence-corrected chi connectivity index (χ3v) is 4.84. The van der Waals surface area contributed by atoms with Crippen LogP contribution in [0.3, 0.4) is 0 Å². The van der Waals surface area contributed by atoms with Gasteiger partial charge in [-0.05, 0) is 37.5 Å². The van der Waals surface area contributed by atoms with Crippen molar-refractivity contribution in [1.29, 1.82) is 0 Å². The molecule has 1 amide bonds. The Morgan fingerprint density at radius 2 is 2.09 bits per heavy atom. The van der Waals surface area contributed by atoms with E-state index < -0.39 is 0 Å². The molecule has 23 heavy (non-hydrogen) atoms. The second-order valence-corrected chi connectivity index (χ2v) is 6.50. The van der Waals surface area contributed by atoms with Gasteiger partial charge in [0, 0.05) is 19.2 Å². The predicted molar refractivity (Wildman–Crippen MR) is 92.8 cm³/mol. The van der Waals surface area contributed by atoms with E-state index in [1.807, 2.05) is 25.1 Å². The van der Waals surface area contributed by atoms with E-state index >= 15 is 0 Å². The summed E-state index contributed by atoms with van der Waals surface area (Å²) in [5.41, 5.74) is 2.92. The lowest BCUT2D eigenvalue weighted by Crippen LogP contribution is -3.13. The van der Waals surface area contributed by atoms with Crippen molar-refractivity contribution in [2.45, 2.75) is 39.0 Å². The van der Waals surface area contributed by atoms with E-state index in [9.17, 15) is 4.79 Å². The molecule has 1 saturated heterocycles. The summed E-state index contributed by atoms with van der Waals surface area (Å²) < 4.78 is 2.18. The monoisotopic (exact) mass is 315 g/mol. The number of carbonyl (C=O) groups excluding carboxylic acids is 1. The van der Waals surface area contributed by atoms with Gasteiger partial charge in [-0.3, -0.25) is 4.79 Å². The molecule has 0 unspecified atom stereocenters. The summed E-state index contributed by atoms with van der Waals surface area (Å²) in [6.45, 7) is 5.63. The number of hydrogen-bond acceptors (Lipinski definition) is 2. The normalized spacial score (nSPS) is 15.9. The Labute approximate surface area is 137 Å². The van der Waals surface area contributed by atoms with E-state index in [-0.39, 0.29) is 5.91 Å². The summed E-state index contributed by atoms with van der Waals surface area (Å²) in [6.07, 6.45) is 5.61. The van der Waals surface area contributed by atoms with Crippen LogP contribution in [0.25, 0.3) is 11.0 Å². The van der Waals surface area contributed by atoms with Crippen molar-refractivity contribution in [3.8, 4) is 0 Å². The third-order valence-electron chi connectivity index (χ3n) is 4.84. The van der Waals surface area contributed by atoms with Crippen LogP contribution in [0.15, 0.2) is 18.2 Å². The van der Waals surface area contributed by atoms with Gasteiger partial charge in [-0.15, -0.1) is 0 Å². The first-order valence-corrected chi connectivity index (χ1v) is 8.76. The molecule has 2 aromatic rings. The number of benzene rings is 1. The fraction of sp³-hybridized carbons (Fsp3) is 0.556. The first-order chi connectivity index (χ1) is 11.2. The third kappa shape index (κ3) is 3.72. The minimum absolute atomic E-state index is 0.0363. The summed E-state index contributed by atoms with van der Waals surface area (Å²) >= 11 is 0. The Balaban J connectivity index is 1.73. The highest BCUT2D eigenvalue weighted by Gasteiger charge is 2.15. The molecule has 0 bridgehead atoms. The molecule has 1 aliphatic heterocycles. The van der Waals surface area contributed by atoms with Gasteiger partial charge in [0.05, 0.1) is 37.1 Å². The van der Waals surface area contributed by atoms with Crippen molar-refractivity contribution in [2.75, 3.05) is 25.0 Å². The van der Waals surface area contributed by atoms with Gasteiger partial charge in [-0.25, -0.2) is 4.98 Å². The Hall–Kier alpha value is -1.88. The molecule has 5 nitrogen and oxygen atoms in total. The summed E-state index contributed by atoms with van der Waals surface area (Å²) in [4.78, 5) is 18.0. The fourth-order valence-corrected chi connectivity index (χ4v) is 3.39. The molecule has 2 N–H and O–H groups in total. The van der Waals surface area contributed by atoms with Crippen LogP contribution in [0.4, 0.5) is 5.69 Å². The highest BCUT2D eigenvalue weighted by Crippen LogP contribution is 2.20. The van der Waals surface area contributed by atoms with E-state index in [0.29, 0.717) is 6.42 Å². The maximum atomic E-state index is 11.5. The number of rotatable bonds is 5. The Bertz CT molecular complexity index is 686. The lowest BCUT2D eigenvalue weighted by atomic mass is 10.1. The Morgan fingerprint density at radius 3 is 2.83 bits per heavy atom. The predicted octanol–water partition coefficient (Wildman–Crippen LogP) is 1.53. The average Bonchev–Trinajstić information content (AvgIpc) is 2.89. The van der Waals surface area contributed by atoms with Gasteiger partial charge in [0.15, 0.2) is 0 Å². The number of nitrogens with one attached hydrogen (secondary N) is 2. The van der Waals surface area contributed by atoms with Crippen molar-refractivity contribution in [3.63, 3.8) is 0 Å². The molecule has 1 aromatic heterocycles. The molecule has 124 valence electrons. The molecule has 3 rings (SSSR count). The van der Waals surface area contributed by atoms with Gasteiger partial charge in [-0.2, -0.15) is 0 Å². The largest absolute Gasteiger partial charge is 0.335 e. The zero-order valence-corrected chi connectivity index (χ0v) is 14.2. The van der Waals surface area contributed by atoms with E-state index in [1.54, 1.807) is 4.90 Å². The van der Waals surface area contributed by atoms with E-state index in [4.69, 9.17) is 4.98 Å². The first kappa shape index (κ1) is 16.0.